The van der Waals surface area contributed by atoms with Crippen molar-refractivity contribution in [3.05, 3.63) is 48.3 Å². The largest absolute Gasteiger partial charge is 0.462 e. The summed E-state index contributed by atoms with van der Waals surface area (Å²) in [6.07, 6.45) is 3.22. The molecule has 2 aromatic heterocycles. The highest BCUT2D eigenvalue weighted by Gasteiger charge is 2.18. The molecule has 0 saturated heterocycles. The number of para-hydroxylation sites is 1. The molecule has 0 aliphatic heterocycles. The zero-order chi connectivity index (χ0) is 15.5. The summed E-state index contributed by atoms with van der Waals surface area (Å²) in [5.41, 5.74) is 2.68. The molecule has 0 aliphatic carbocycles. The number of carbonyl (C=O) groups is 1. The van der Waals surface area contributed by atoms with Crippen LogP contribution >= 0.6 is 0 Å². The van der Waals surface area contributed by atoms with Crippen molar-refractivity contribution in [2.24, 2.45) is 0 Å². The monoisotopic (exact) mass is 296 g/mol. The molecule has 1 N–H and O–H groups in total. The number of rotatable bonds is 4. The van der Waals surface area contributed by atoms with E-state index in [1.54, 1.807) is 24.9 Å². The van der Waals surface area contributed by atoms with Crippen molar-refractivity contribution >= 4 is 22.7 Å². The topological polar surface area (TPSA) is 69.0 Å². The highest BCUT2D eigenvalue weighted by Crippen LogP contribution is 2.27. The molecule has 3 aromatic rings. The number of hydrogen-bond donors (Lipinski definition) is 1. The van der Waals surface area contributed by atoms with E-state index >= 15 is 0 Å². The molecule has 0 unspecified atom stereocenters. The molecule has 0 saturated carbocycles. The van der Waals surface area contributed by atoms with E-state index in [2.05, 4.69) is 15.4 Å². The molecule has 0 bridgehead atoms. The fraction of sp³-hybridized carbons (Fsp3) is 0.188. The number of ether oxygens (including phenoxy) is 1. The van der Waals surface area contributed by atoms with Gasteiger partial charge in [0.1, 0.15) is 5.56 Å². The Balaban J connectivity index is 2.17. The number of hydrogen-bond acceptors (Lipinski definition) is 5. The van der Waals surface area contributed by atoms with Crippen molar-refractivity contribution in [3.8, 4) is 5.69 Å². The summed E-state index contributed by atoms with van der Waals surface area (Å²) >= 11 is 0. The molecule has 0 spiro atoms. The van der Waals surface area contributed by atoms with Crippen LogP contribution in [0.1, 0.15) is 17.3 Å². The Morgan fingerprint density at radius 2 is 2.05 bits per heavy atom. The second-order valence-corrected chi connectivity index (χ2v) is 4.65. The first-order chi connectivity index (χ1) is 10.8. The van der Waals surface area contributed by atoms with Crippen LogP contribution in [0.15, 0.2) is 42.7 Å². The summed E-state index contributed by atoms with van der Waals surface area (Å²) in [5.74, 6) is -0.395. The first-order valence-corrected chi connectivity index (χ1v) is 7.03. The van der Waals surface area contributed by atoms with Gasteiger partial charge in [-0.3, -0.25) is 0 Å². The average molecular weight is 296 g/mol. The third-order valence-corrected chi connectivity index (χ3v) is 3.34. The summed E-state index contributed by atoms with van der Waals surface area (Å²) in [7, 11) is 1.76. The smallest absolute Gasteiger partial charge is 0.341 e. The normalized spacial score (nSPS) is 10.6. The van der Waals surface area contributed by atoms with Crippen LogP contribution in [-0.4, -0.2) is 34.4 Å². The Bertz CT molecular complexity index is 812. The molecule has 112 valence electrons. The lowest BCUT2D eigenvalue weighted by atomic mass is 10.2. The Morgan fingerprint density at radius 1 is 1.27 bits per heavy atom. The summed E-state index contributed by atoms with van der Waals surface area (Å²) in [4.78, 5) is 16.4. The fourth-order valence-electron chi connectivity index (χ4n) is 2.37. The number of esters is 1. The first kappa shape index (κ1) is 14.1. The van der Waals surface area contributed by atoms with Gasteiger partial charge >= 0.3 is 5.97 Å². The second-order valence-electron chi connectivity index (χ2n) is 4.65. The molecule has 0 atom stereocenters. The number of anilines is 1. The molecule has 0 aliphatic rings. The van der Waals surface area contributed by atoms with Crippen molar-refractivity contribution in [3.63, 3.8) is 0 Å². The van der Waals surface area contributed by atoms with Gasteiger partial charge in [-0.1, -0.05) is 18.2 Å². The van der Waals surface area contributed by atoms with E-state index in [1.807, 2.05) is 30.3 Å². The van der Waals surface area contributed by atoms with Crippen LogP contribution in [0.5, 0.6) is 0 Å². The van der Waals surface area contributed by atoms with Gasteiger partial charge in [-0.05, 0) is 19.1 Å². The molecule has 0 amide bonds. The average Bonchev–Trinajstić information content (AvgIpc) is 2.99. The van der Waals surface area contributed by atoms with Crippen molar-refractivity contribution in [2.45, 2.75) is 6.92 Å². The summed E-state index contributed by atoms with van der Waals surface area (Å²) < 4.78 is 6.81. The zero-order valence-corrected chi connectivity index (χ0v) is 12.4. The van der Waals surface area contributed by atoms with E-state index in [9.17, 15) is 4.79 Å². The van der Waals surface area contributed by atoms with E-state index in [1.165, 1.54) is 6.20 Å². The number of benzene rings is 1. The van der Waals surface area contributed by atoms with Gasteiger partial charge in [0.15, 0.2) is 5.65 Å². The van der Waals surface area contributed by atoms with Crippen LogP contribution in [0.3, 0.4) is 0 Å². The molecule has 22 heavy (non-hydrogen) atoms. The highest BCUT2D eigenvalue weighted by atomic mass is 16.5. The molecular formula is C16H16N4O2. The van der Waals surface area contributed by atoms with Crippen LogP contribution in [0.2, 0.25) is 0 Å². The van der Waals surface area contributed by atoms with Gasteiger partial charge in [0.2, 0.25) is 0 Å². The predicted molar refractivity (Wildman–Crippen MR) is 84.4 cm³/mol. The lowest BCUT2D eigenvalue weighted by Gasteiger charge is -2.09. The van der Waals surface area contributed by atoms with Crippen LogP contribution in [0, 0.1) is 0 Å². The Labute approximate surface area is 127 Å². The van der Waals surface area contributed by atoms with Crippen LogP contribution in [-0.2, 0) is 4.74 Å². The zero-order valence-electron chi connectivity index (χ0n) is 12.4. The van der Waals surface area contributed by atoms with Crippen molar-refractivity contribution in [1.82, 2.24) is 14.8 Å². The summed E-state index contributed by atoms with van der Waals surface area (Å²) in [6.45, 7) is 2.10. The third kappa shape index (κ3) is 2.28. The van der Waals surface area contributed by atoms with Gasteiger partial charge in [-0.15, -0.1) is 0 Å². The van der Waals surface area contributed by atoms with Crippen molar-refractivity contribution in [1.29, 1.82) is 0 Å². The van der Waals surface area contributed by atoms with Gasteiger partial charge in [0.05, 0.1) is 29.6 Å². The summed E-state index contributed by atoms with van der Waals surface area (Å²) in [6, 6.07) is 9.73. The van der Waals surface area contributed by atoms with Gasteiger partial charge in [0, 0.05) is 13.2 Å². The molecule has 3 rings (SSSR count). The Hall–Kier alpha value is -2.89. The van der Waals surface area contributed by atoms with E-state index < -0.39 is 5.97 Å². The number of carbonyl (C=O) groups excluding carboxylic acids is 1. The minimum absolute atomic E-state index is 0.323. The number of fused-ring (bicyclic) bond motifs is 1. The third-order valence-electron chi connectivity index (χ3n) is 3.34. The molecule has 6 heteroatoms. The quantitative estimate of drug-likeness (QED) is 0.750. The van der Waals surface area contributed by atoms with E-state index in [4.69, 9.17) is 4.74 Å². The number of pyridine rings is 1. The number of aromatic nitrogens is 3. The van der Waals surface area contributed by atoms with Gasteiger partial charge in [0.25, 0.3) is 0 Å². The van der Waals surface area contributed by atoms with Crippen LogP contribution in [0.4, 0.5) is 5.69 Å². The van der Waals surface area contributed by atoms with Gasteiger partial charge < -0.3 is 10.1 Å². The minimum Gasteiger partial charge on any atom is -0.462 e. The Kier molecular flexibility index (Phi) is 3.74. The van der Waals surface area contributed by atoms with Crippen LogP contribution in [0.25, 0.3) is 16.7 Å². The maximum absolute atomic E-state index is 12.0. The van der Waals surface area contributed by atoms with Crippen molar-refractivity contribution < 1.29 is 9.53 Å². The summed E-state index contributed by atoms with van der Waals surface area (Å²) in [5, 5.41) is 8.21. The lowest BCUT2D eigenvalue weighted by molar-refractivity contribution is 0.0527. The van der Waals surface area contributed by atoms with Crippen LogP contribution < -0.4 is 5.32 Å². The fourth-order valence-corrected chi connectivity index (χ4v) is 2.37. The SMILES string of the molecule is CCOC(=O)c1cnc2c(cnn2-c2ccccc2)c1NC. The molecule has 0 fully saturated rings. The predicted octanol–water partition coefficient (Wildman–Crippen LogP) is 2.64. The number of nitrogens with zero attached hydrogens (tertiary/aromatic N) is 3. The highest BCUT2D eigenvalue weighted by molar-refractivity contribution is 6.04. The molecule has 1 aromatic carbocycles. The van der Waals surface area contributed by atoms with Gasteiger partial charge in [-0.25, -0.2) is 14.5 Å². The molecular weight excluding hydrogens is 280 g/mol. The molecule has 2 heterocycles. The second kappa shape index (κ2) is 5.85. The van der Waals surface area contributed by atoms with E-state index in [0.29, 0.717) is 23.5 Å². The maximum Gasteiger partial charge on any atom is 0.341 e. The van der Waals surface area contributed by atoms with E-state index in [-0.39, 0.29) is 0 Å². The first-order valence-electron chi connectivity index (χ1n) is 7.03. The minimum atomic E-state index is -0.395. The maximum atomic E-state index is 12.0. The molecule has 6 nitrogen and oxygen atoms in total. The number of nitrogens with one attached hydrogen (secondary N) is 1. The Morgan fingerprint density at radius 3 is 2.73 bits per heavy atom. The lowest BCUT2D eigenvalue weighted by Crippen LogP contribution is -2.09. The van der Waals surface area contributed by atoms with Gasteiger partial charge in [-0.2, -0.15) is 5.10 Å². The van der Waals surface area contributed by atoms with E-state index in [0.717, 1.165) is 11.1 Å². The molecule has 0 radical (unpaired) electrons. The standard InChI is InChI=1S/C16H16N4O2/c1-3-22-16(21)13-9-18-15-12(14(13)17-2)10-19-20(15)11-7-5-4-6-8-11/h4-10H,3H2,1-2H3,(H,17,18). The van der Waals surface area contributed by atoms with Crippen molar-refractivity contribution in [2.75, 3.05) is 19.0 Å².